The summed E-state index contributed by atoms with van der Waals surface area (Å²) in [6.45, 7) is 0.377. The van der Waals surface area contributed by atoms with E-state index in [0.717, 1.165) is 11.8 Å². The molecule has 11 heteroatoms. The van der Waals surface area contributed by atoms with E-state index in [-0.39, 0.29) is 23.3 Å². The molecule has 1 aromatic carbocycles. The first-order valence-corrected chi connectivity index (χ1v) is 10.1. The molecular formula is C18H26N4O6S. The van der Waals surface area contributed by atoms with E-state index in [0.29, 0.717) is 37.1 Å². The highest BCUT2D eigenvalue weighted by Crippen LogP contribution is 2.12. The number of aliphatic carboxylic acids is 2. The second-order valence-corrected chi connectivity index (χ2v) is 7.32. The van der Waals surface area contributed by atoms with Crippen molar-refractivity contribution in [3.63, 3.8) is 0 Å². The quantitative estimate of drug-likeness (QED) is 0.238. The summed E-state index contributed by atoms with van der Waals surface area (Å²) in [6, 6.07) is 4.47. The number of hydrogen-bond donors (Lipinski definition) is 6. The lowest BCUT2D eigenvalue weighted by molar-refractivity contribution is -0.139. The van der Waals surface area contributed by atoms with E-state index < -0.39 is 24.0 Å². The standard InChI is InChI=1S/C18H26N4O6S/c19-13(17(25)26)6-1-2-7-21-16(24)11-4-3-5-12(8-11)22-15(23)10-29-9-14(20)18(27)28/h3-5,8,13-14H,1-2,6-7,9-10,19-20H2,(H,21,24)(H,22,23)(H,25,26)(H,27,28)/t13-,14-/m0/s1. The first kappa shape index (κ1) is 24.4. The van der Waals surface area contributed by atoms with E-state index in [1.54, 1.807) is 18.2 Å². The highest BCUT2D eigenvalue weighted by molar-refractivity contribution is 8.00. The molecule has 0 aliphatic heterocycles. The van der Waals surface area contributed by atoms with Crippen LogP contribution < -0.4 is 22.1 Å². The average molecular weight is 426 g/mol. The molecule has 0 spiro atoms. The zero-order chi connectivity index (χ0) is 21.8. The van der Waals surface area contributed by atoms with Crippen LogP contribution in [0.4, 0.5) is 5.69 Å². The summed E-state index contributed by atoms with van der Waals surface area (Å²) >= 11 is 1.10. The van der Waals surface area contributed by atoms with Gasteiger partial charge in [-0.25, -0.2) is 0 Å². The molecule has 0 aromatic heterocycles. The van der Waals surface area contributed by atoms with Crippen molar-refractivity contribution >= 4 is 41.2 Å². The molecule has 0 aliphatic rings. The monoisotopic (exact) mass is 426 g/mol. The van der Waals surface area contributed by atoms with Gasteiger partial charge >= 0.3 is 11.9 Å². The molecule has 0 bridgehead atoms. The van der Waals surface area contributed by atoms with Crippen LogP contribution in [-0.4, -0.2) is 64.1 Å². The number of rotatable bonds is 13. The molecule has 29 heavy (non-hydrogen) atoms. The summed E-state index contributed by atoms with van der Waals surface area (Å²) in [5, 5.41) is 22.8. The molecule has 2 amide bonds. The predicted octanol–water partition coefficient (Wildman–Crippen LogP) is 0.0822. The number of benzene rings is 1. The molecule has 10 nitrogen and oxygen atoms in total. The minimum atomic E-state index is -1.12. The van der Waals surface area contributed by atoms with Gasteiger partial charge in [0.15, 0.2) is 0 Å². The number of amides is 2. The van der Waals surface area contributed by atoms with Crippen LogP contribution in [0.25, 0.3) is 0 Å². The van der Waals surface area contributed by atoms with Gasteiger partial charge in [0, 0.05) is 23.5 Å². The number of anilines is 1. The van der Waals surface area contributed by atoms with Crippen LogP contribution in [0.5, 0.6) is 0 Å². The number of carbonyl (C=O) groups is 4. The Kier molecular flexibility index (Phi) is 10.7. The number of carboxylic acid groups (broad SMARTS) is 2. The Morgan fingerprint density at radius 3 is 2.38 bits per heavy atom. The van der Waals surface area contributed by atoms with Crippen LogP contribution in [0.1, 0.15) is 29.6 Å². The van der Waals surface area contributed by atoms with Crippen LogP contribution in [0.15, 0.2) is 24.3 Å². The largest absolute Gasteiger partial charge is 0.480 e. The van der Waals surface area contributed by atoms with Crippen LogP contribution in [0.2, 0.25) is 0 Å². The Hall–Kier alpha value is -2.63. The lowest BCUT2D eigenvalue weighted by Gasteiger charge is -2.10. The van der Waals surface area contributed by atoms with Gasteiger partial charge in [0.2, 0.25) is 5.91 Å². The summed E-state index contributed by atoms with van der Waals surface area (Å²) in [7, 11) is 0. The smallest absolute Gasteiger partial charge is 0.321 e. The maximum Gasteiger partial charge on any atom is 0.321 e. The number of nitrogens with one attached hydrogen (secondary N) is 2. The SMILES string of the molecule is N[C@@H](CCCCNC(=O)c1cccc(NC(=O)CSC[C@H](N)C(=O)O)c1)C(=O)O. The fourth-order valence-corrected chi connectivity index (χ4v) is 2.97. The van der Waals surface area contributed by atoms with Crippen molar-refractivity contribution in [2.45, 2.75) is 31.3 Å². The van der Waals surface area contributed by atoms with Gasteiger partial charge in [-0.3, -0.25) is 19.2 Å². The molecule has 0 fully saturated rings. The van der Waals surface area contributed by atoms with E-state index in [4.69, 9.17) is 21.7 Å². The third kappa shape index (κ3) is 9.92. The summed E-state index contributed by atoms with van der Waals surface area (Å²) in [4.78, 5) is 45.4. The summed E-state index contributed by atoms with van der Waals surface area (Å²) in [6.07, 6.45) is 1.51. The first-order valence-electron chi connectivity index (χ1n) is 8.93. The Morgan fingerprint density at radius 1 is 1.03 bits per heavy atom. The molecule has 2 atom stereocenters. The summed E-state index contributed by atoms with van der Waals surface area (Å²) in [5.74, 6) is -2.67. The van der Waals surface area contributed by atoms with E-state index in [1.165, 1.54) is 6.07 Å². The van der Waals surface area contributed by atoms with Crippen molar-refractivity contribution in [2.75, 3.05) is 23.4 Å². The Morgan fingerprint density at radius 2 is 1.72 bits per heavy atom. The average Bonchev–Trinajstić information content (AvgIpc) is 2.67. The number of carbonyl (C=O) groups excluding carboxylic acids is 2. The van der Waals surface area contributed by atoms with E-state index >= 15 is 0 Å². The van der Waals surface area contributed by atoms with E-state index in [2.05, 4.69) is 10.6 Å². The van der Waals surface area contributed by atoms with Gasteiger partial charge in [0.05, 0.1) is 5.75 Å². The highest BCUT2D eigenvalue weighted by Gasteiger charge is 2.13. The molecule has 160 valence electrons. The fourth-order valence-electron chi connectivity index (χ4n) is 2.20. The molecule has 0 radical (unpaired) electrons. The minimum Gasteiger partial charge on any atom is -0.480 e. The van der Waals surface area contributed by atoms with Crippen molar-refractivity contribution in [1.82, 2.24) is 5.32 Å². The number of nitrogens with two attached hydrogens (primary N) is 2. The van der Waals surface area contributed by atoms with E-state index in [9.17, 15) is 19.2 Å². The van der Waals surface area contributed by atoms with Gasteiger partial charge in [-0.15, -0.1) is 11.8 Å². The first-order chi connectivity index (χ1) is 13.7. The second-order valence-electron chi connectivity index (χ2n) is 6.29. The molecule has 0 saturated heterocycles. The molecule has 0 heterocycles. The molecule has 0 saturated carbocycles. The number of unbranched alkanes of at least 4 members (excludes halogenated alkanes) is 1. The van der Waals surface area contributed by atoms with Gasteiger partial charge in [-0.05, 0) is 37.5 Å². The van der Waals surface area contributed by atoms with Crippen molar-refractivity contribution < 1.29 is 29.4 Å². The van der Waals surface area contributed by atoms with Crippen molar-refractivity contribution in [3.8, 4) is 0 Å². The van der Waals surface area contributed by atoms with Crippen molar-refractivity contribution in [3.05, 3.63) is 29.8 Å². The number of carboxylic acids is 2. The van der Waals surface area contributed by atoms with Gasteiger partial charge in [-0.1, -0.05) is 6.07 Å². The fraction of sp³-hybridized carbons (Fsp3) is 0.444. The van der Waals surface area contributed by atoms with E-state index in [1.807, 2.05) is 0 Å². The zero-order valence-corrected chi connectivity index (χ0v) is 16.6. The van der Waals surface area contributed by atoms with Crippen LogP contribution in [0.3, 0.4) is 0 Å². The molecule has 1 aromatic rings. The molecular weight excluding hydrogens is 400 g/mol. The second kappa shape index (κ2) is 12.8. The lowest BCUT2D eigenvalue weighted by Crippen LogP contribution is -2.33. The topological polar surface area (TPSA) is 185 Å². The third-order valence-electron chi connectivity index (χ3n) is 3.80. The normalized spacial score (nSPS) is 12.6. The number of hydrogen-bond acceptors (Lipinski definition) is 7. The molecule has 1 rings (SSSR count). The Bertz CT molecular complexity index is 730. The Balaban J connectivity index is 2.39. The van der Waals surface area contributed by atoms with Gasteiger partial charge < -0.3 is 32.3 Å². The molecule has 0 unspecified atom stereocenters. The maximum absolute atomic E-state index is 12.2. The van der Waals surface area contributed by atoms with Crippen LogP contribution >= 0.6 is 11.8 Å². The van der Waals surface area contributed by atoms with Crippen molar-refractivity contribution in [1.29, 1.82) is 0 Å². The highest BCUT2D eigenvalue weighted by atomic mass is 32.2. The lowest BCUT2D eigenvalue weighted by atomic mass is 10.1. The summed E-state index contributed by atoms with van der Waals surface area (Å²) in [5.41, 5.74) is 11.6. The Labute approximate surface area is 172 Å². The summed E-state index contributed by atoms with van der Waals surface area (Å²) < 4.78 is 0. The van der Waals surface area contributed by atoms with Gasteiger partial charge in [0.25, 0.3) is 5.91 Å². The minimum absolute atomic E-state index is 0.0376. The molecule has 0 aliphatic carbocycles. The third-order valence-corrected chi connectivity index (χ3v) is 4.86. The predicted molar refractivity (Wildman–Crippen MR) is 110 cm³/mol. The number of thioether (sulfide) groups is 1. The van der Waals surface area contributed by atoms with Gasteiger partial charge in [-0.2, -0.15) is 0 Å². The van der Waals surface area contributed by atoms with Crippen LogP contribution in [0, 0.1) is 0 Å². The molecule has 8 N–H and O–H groups in total. The maximum atomic E-state index is 12.2. The zero-order valence-electron chi connectivity index (χ0n) is 15.8. The van der Waals surface area contributed by atoms with Crippen molar-refractivity contribution in [2.24, 2.45) is 11.5 Å². The van der Waals surface area contributed by atoms with Gasteiger partial charge in [0.1, 0.15) is 12.1 Å². The van der Waals surface area contributed by atoms with Crippen LogP contribution in [-0.2, 0) is 14.4 Å².